The second-order valence-corrected chi connectivity index (χ2v) is 6.69. The average Bonchev–Trinajstić information content (AvgIpc) is 2.22. The Bertz CT molecular complexity index is 133. The molecule has 0 N–H and O–H groups in total. The Labute approximate surface area is 80.4 Å². The molecule has 2 saturated carbocycles. The van der Waals surface area contributed by atoms with Gasteiger partial charge in [-0.1, -0.05) is 0 Å². The zero-order valence-electron chi connectivity index (χ0n) is 7.35. The summed E-state index contributed by atoms with van der Waals surface area (Å²) in [6, 6.07) is 0. The first-order chi connectivity index (χ1) is 5.42. The van der Waals surface area contributed by atoms with Crippen LogP contribution in [-0.2, 0) is 0 Å². The first kappa shape index (κ1) is 8.33. The second kappa shape index (κ2) is 3.63. The molecule has 0 heterocycles. The fourth-order valence-corrected chi connectivity index (χ4v) is 4.25. The van der Waals surface area contributed by atoms with Gasteiger partial charge in [-0.25, -0.2) is 0 Å². The molecule has 0 aromatic rings. The molecular formula is C10H18I-. The molecule has 0 aliphatic heterocycles. The molecule has 0 amide bonds. The predicted molar refractivity (Wildman–Crippen MR) is 44.3 cm³/mol. The van der Waals surface area contributed by atoms with Gasteiger partial charge in [-0.05, 0) is 0 Å². The monoisotopic (exact) mass is 265 g/mol. The van der Waals surface area contributed by atoms with E-state index in [1.165, 1.54) is 17.8 Å². The Morgan fingerprint density at radius 1 is 1.18 bits per heavy atom. The van der Waals surface area contributed by atoms with Crippen LogP contribution in [-0.4, -0.2) is 9.36 Å². The molecule has 0 bridgehead atoms. The van der Waals surface area contributed by atoms with E-state index >= 15 is 0 Å². The third-order valence-electron chi connectivity index (χ3n) is 3.66. The standard InChI is InChI=1S/C10H18I/c1-11-7-6-9-3-2-8-4-5-10(8)9/h8-10H,2-7H2,1H3/q-1. The van der Waals surface area contributed by atoms with E-state index < -0.39 is 0 Å². The molecule has 3 atom stereocenters. The van der Waals surface area contributed by atoms with E-state index in [-0.39, 0.29) is 0 Å². The van der Waals surface area contributed by atoms with Crippen LogP contribution in [0.4, 0.5) is 0 Å². The van der Waals surface area contributed by atoms with Gasteiger partial charge in [0, 0.05) is 0 Å². The number of halogens is 1. The summed E-state index contributed by atoms with van der Waals surface area (Å²) >= 11 is 0.579. The molecule has 3 unspecified atom stereocenters. The molecular weight excluding hydrogens is 247 g/mol. The van der Waals surface area contributed by atoms with E-state index in [4.69, 9.17) is 0 Å². The molecule has 2 aliphatic carbocycles. The molecule has 0 nitrogen and oxygen atoms in total. The molecule has 66 valence electrons. The fourth-order valence-electron chi connectivity index (χ4n) is 2.82. The molecule has 0 aromatic carbocycles. The van der Waals surface area contributed by atoms with Crippen LogP contribution < -0.4 is 21.2 Å². The van der Waals surface area contributed by atoms with E-state index in [9.17, 15) is 0 Å². The van der Waals surface area contributed by atoms with Gasteiger partial charge in [0.05, 0.1) is 0 Å². The summed E-state index contributed by atoms with van der Waals surface area (Å²) in [5.74, 6) is 3.56. The molecule has 2 fully saturated rings. The van der Waals surface area contributed by atoms with Gasteiger partial charge in [0.25, 0.3) is 0 Å². The fraction of sp³-hybridized carbons (Fsp3) is 1.00. The van der Waals surface area contributed by atoms with Crippen molar-refractivity contribution >= 4 is 0 Å². The second-order valence-electron chi connectivity index (χ2n) is 4.08. The third-order valence-corrected chi connectivity index (χ3v) is 5.36. The van der Waals surface area contributed by atoms with Crippen LogP contribution in [0.2, 0.25) is 0 Å². The molecule has 1 heteroatoms. The van der Waals surface area contributed by atoms with Crippen molar-refractivity contribution < 1.29 is 21.2 Å². The van der Waals surface area contributed by atoms with Crippen molar-refractivity contribution in [3.05, 3.63) is 0 Å². The molecule has 2 aliphatic rings. The van der Waals surface area contributed by atoms with Crippen molar-refractivity contribution in [2.75, 3.05) is 9.36 Å². The minimum atomic E-state index is 0.579. The summed E-state index contributed by atoms with van der Waals surface area (Å²) in [5, 5.41) is 0. The summed E-state index contributed by atoms with van der Waals surface area (Å²) < 4.78 is 1.59. The van der Waals surface area contributed by atoms with Crippen LogP contribution in [0.5, 0.6) is 0 Å². The summed E-state index contributed by atoms with van der Waals surface area (Å²) in [7, 11) is 0. The normalized spacial score (nSPS) is 42.1. The SMILES string of the molecule is C[I-]CCC1CCC2CCC12. The number of fused-ring (bicyclic) bond motifs is 1. The topological polar surface area (TPSA) is 0 Å². The van der Waals surface area contributed by atoms with Crippen LogP contribution in [0.3, 0.4) is 0 Å². The number of rotatable bonds is 3. The van der Waals surface area contributed by atoms with Gasteiger partial charge >= 0.3 is 80.4 Å². The minimum absolute atomic E-state index is 0.579. The maximum absolute atomic E-state index is 2.42. The van der Waals surface area contributed by atoms with Gasteiger partial charge in [0.2, 0.25) is 0 Å². The molecule has 2 rings (SSSR count). The third kappa shape index (κ3) is 1.58. The van der Waals surface area contributed by atoms with E-state index in [1.807, 2.05) is 0 Å². The van der Waals surface area contributed by atoms with Gasteiger partial charge in [0.15, 0.2) is 0 Å². The van der Waals surface area contributed by atoms with Gasteiger partial charge in [-0.3, -0.25) is 0 Å². The Morgan fingerprint density at radius 3 is 2.55 bits per heavy atom. The first-order valence-electron chi connectivity index (χ1n) is 4.85. The van der Waals surface area contributed by atoms with Gasteiger partial charge in [-0.15, -0.1) is 0 Å². The molecule has 11 heavy (non-hydrogen) atoms. The van der Waals surface area contributed by atoms with Crippen LogP contribution in [0.15, 0.2) is 0 Å². The van der Waals surface area contributed by atoms with E-state index in [0.29, 0.717) is 21.2 Å². The molecule has 0 spiro atoms. The average molecular weight is 265 g/mol. The van der Waals surface area contributed by atoms with Crippen molar-refractivity contribution in [1.82, 2.24) is 0 Å². The Balaban J connectivity index is 1.76. The van der Waals surface area contributed by atoms with Crippen LogP contribution >= 0.6 is 0 Å². The molecule has 0 aromatic heterocycles. The van der Waals surface area contributed by atoms with Gasteiger partial charge in [0.1, 0.15) is 0 Å². The van der Waals surface area contributed by atoms with E-state index in [2.05, 4.69) is 4.93 Å². The van der Waals surface area contributed by atoms with Crippen molar-refractivity contribution in [3.63, 3.8) is 0 Å². The Hall–Kier alpha value is 0.730. The van der Waals surface area contributed by atoms with Gasteiger partial charge in [-0.2, -0.15) is 0 Å². The van der Waals surface area contributed by atoms with Crippen LogP contribution in [0, 0.1) is 17.8 Å². The quantitative estimate of drug-likeness (QED) is 0.478. The van der Waals surface area contributed by atoms with Crippen LogP contribution in [0.25, 0.3) is 0 Å². The van der Waals surface area contributed by atoms with E-state index in [0.717, 1.165) is 0 Å². The summed E-state index contributed by atoms with van der Waals surface area (Å²) in [4.78, 5) is 2.42. The predicted octanol–water partition coefficient (Wildman–Crippen LogP) is -0.468. The summed E-state index contributed by atoms with van der Waals surface area (Å²) in [6.45, 7) is 0. The maximum atomic E-state index is 2.42. The zero-order valence-corrected chi connectivity index (χ0v) is 9.51. The number of alkyl halides is 2. The van der Waals surface area contributed by atoms with Gasteiger partial charge < -0.3 is 0 Å². The van der Waals surface area contributed by atoms with Crippen molar-refractivity contribution in [2.24, 2.45) is 17.8 Å². The van der Waals surface area contributed by atoms with Crippen molar-refractivity contribution in [1.29, 1.82) is 0 Å². The molecule has 0 saturated heterocycles. The summed E-state index contributed by atoms with van der Waals surface area (Å²) in [5.41, 5.74) is 0. The Morgan fingerprint density at radius 2 is 2.00 bits per heavy atom. The Kier molecular flexibility index (Phi) is 2.75. The van der Waals surface area contributed by atoms with Crippen molar-refractivity contribution in [2.45, 2.75) is 32.1 Å². The van der Waals surface area contributed by atoms with E-state index in [1.54, 1.807) is 36.5 Å². The molecule has 0 radical (unpaired) electrons. The zero-order chi connectivity index (χ0) is 7.68. The number of hydrogen-bond donors (Lipinski definition) is 0. The number of hydrogen-bond acceptors (Lipinski definition) is 0. The summed E-state index contributed by atoms with van der Waals surface area (Å²) in [6.07, 6.45) is 7.90. The van der Waals surface area contributed by atoms with Crippen molar-refractivity contribution in [3.8, 4) is 0 Å². The first-order valence-corrected chi connectivity index (χ1v) is 8.54. The van der Waals surface area contributed by atoms with Crippen LogP contribution in [0.1, 0.15) is 32.1 Å².